The highest BCUT2D eigenvalue weighted by molar-refractivity contribution is 14.1. The Morgan fingerprint density at radius 3 is 2.75 bits per heavy atom. The van der Waals surface area contributed by atoms with E-state index in [2.05, 4.69) is 72.8 Å². The van der Waals surface area contributed by atoms with Crippen molar-refractivity contribution in [2.24, 2.45) is 0 Å². The first-order chi connectivity index (χ1) is 7.75. The third-order valence-corrected chi connectivity index (χ3v) is 4.64. The van der Waals surface area contributed by atoms with E-state index in [1.807, 2.05) is 6.07 Å². The first-order valence-electron chi connectivity index (χ1n) is 4.75. The van der Waals surface area contributed by atoms with Gasteiger partial charge in [-0.3, -0.25) is 4.98 Å². The molecular formula is C12H6BrIN2. The van der Waals surface area contributed by atoms with Crippen LogP contribution in [0, 0.1) is 3.70 Å². The minimum atomic E-state index is 0.961. The van der Waals surface area contributed by atoms with Crippen molar-refractivity contribution in [3.8, 4) is 0 Å². The van der Waals surface area contributed by atoms with E-state index in [1.54, 1.807) is 6.20 Å². The van der Waals surface area contributed by atoms with Crippen LogP contribution in [0.2, 0.25) is 0 Å². The molecule has 2 aromatic heterocycles. The van der Waals surface area contributed by atoms with E-state index in [-0.39, 0.29) is 0 Å². The summed E-state index contributed by atoms with van der Waals surface area (Å²) in [6.07, 6.45) is 1.80. The van der Waals surface area contributed by atoms with Crippen LogP contribution in [0.25, 0.3) is 21.8 Å². The van der Waals surface area contributed by atoms with Gasteiger partial charge in [-0.2, -0.15) is 0 Å². The molecular weight excluding hydrogens is 379 g/mol. The van der Waals surface area contributed by atoms with Gasteiger partial charge in [0.1, 0.15) is 3.70 Å². The average molecular weight is 385 g/mol. The Kier molecular flexibility index (Phi) is 2.55. The molecule has 0 saturated carbocycles. The van der Waals surface area contributed by atoms with Crippen molar-refractivity contribution in [2.45, 2.75) is 0 Å². The molecule has 4 heteroatoms. The zero-order valence-electron chi connectivity index (χ0n) is 8.11. The summed E-state index contributed by atoms with van der Waals surface area (Å²) in [7, 11) is 0. The van der Waals surface area contributed by atoms with Crippen molar-refractivity contribution in [3.05, 3.63) is 44.7 Å². The van der Waals surface area contributed by atoms with Crippen LogP contribution in [0.4, 0.5) is 0 Å². The average Bonchev–Trinajstić information content (AvgIpc) is 2.31. The predicted molar refractivity (Wildman–Crippen MR) is 77.5 cm³/mol. The molecule has 16 heavy (non-hydrogen) atoms. The Balaban J connectivity index is 2.55. The third-order valence-electron chi connectivity index (χ3n) is 2.47. The molecule has 78 valence electrons. The highest BCUT2D eigenvalue weighted by Gasteiger charge is 2.06. The number of aromatic nitrogens is 2. The standard InChI is InChI=1S/C12H6BrIN2/c13-9-6-8-4-3-7-2-1-5-15-10(7)11(8)16-12(9)14/h1-6H. The predicted octanol–water partition coefficient (Wildman–Crippen LogP) is 4.15. The smallest absolute Gasteiger partial charge is 0.116 e. The summed E-state index contributed by atoms with van der Waals surface area (Å²) in [6.45, 7) is 0. The lowest BCUT2D eigenvalue weighted by molar-refractivity contribution is 1.31. The Hall–Kier alpha value is -0.750. The number of rotatable bonds is 0. The van der Waals surface area contributed by atoms with Crippen LogP contribution in [0.1, 0.15) is 0 Å². The van der Waals surface area contributed by atoms with Crippen molar-refractivity contribution in [1.82, 2.24) is 9.97 Å². The number of hydrogen-bond acceptors (Lipinski definition) is 2. The lowest BCUT2D eigenvalue weighted by atomic mass is 10.1. The first kappa shape index (κ1) is 10.4. The Labute approximate surface area is 114 Å². The fourth-order valence-electron chi connectivity index (χ4n) is 1.73. The molecule has 2 nitrogen and oxygen atoms in total. The van der Waals surface area contributed by atoms with Crippen molar-refractivity contribution in [3.63, 3.8) is 0 Å². The summed E-state index contributed by atoms with van der Waals surface area (Å²) in [5.74, 6) is 0. The Morgan fingerprint density at radius 2 is 1.88 bits per heavy atom. The number of benzene rings is 1. The first-order valence-corrected chi connectivity index (χ1v) is 6.62. The molecule has 0 amide bonds. The number of pyridine rings is 2. The zero-order valence-corrected chi connectivity index (χ0v) is 11.9. The molecule has 0 N–H and O–H groups in total. The Bertz CT molecular complexity index is 697. The van der Waals surface area contributed by atoms with E-state index in [0.717, 1.165) is 30.0 Å². The molecule has 3 aromatic rings. The third kappa shape index (κ3) is 1.60. The van der Waals surface area contributed by atoms with Gasteiger partial charge in [0, 0.05) is 17.0 Å². The van der Waals surface area contributed by atoms with E-state index < -0.39 is 0 Å². The number of halogens is 2. The summed E-state index contributed by atoms with van der Waals surface area (Å²) in [5, 5.41) is 2.24. The quantitative estimate of drug-likeness (QED) is 0.330. The summed E-state index contributed by atoms with van der Waals surface area (Å²) in [5.41, 5.74) is 1.93. The highest BCUT2D eigenvalue weighted by atomic mass is 127. The lowest BCUT2D eigenvalue weighted by Crippen LogP contribution is -1.88. The Morgan fingerprint density at radius 1 is 1.06 bits per heavy atom. The largest absolute Gasteiger partial charge is 0.254 e. The van der Waals surface area contributed by atoms with Gasteiger partial charge in [0.25, 0.3) is 0 Å². The van der Waals surface area contributed by atoms with E-state index in [1.165, 1.54) is 0 Å². The van der Waals surface area contributed by atoms with E-state index in [4.69, 9.17) is 0 Å². The van der Waals surface area contributed by atoms with Gasteiger partial charge >= 0.3 is 0 Å². The van der Waals surface area contributed by atoms with Gasteiger partial charge in [0.15, 0.2) is 0 Å². The van der Waals surface area contributed by atoms with Gasteiger partial charge in [-0.05, 0) is 50.7 Å². The van der Waals surface area contributed by atoms with Crippen LogP contribution in [-0.4, -0.2) is 9.97 Å². The summed E-state index contributed by atoms with van der Waals surface area (Å²) in [4.78, 5) is 8.98. The fourth-order valence-corrected chi connectivity index (χ4v) is 2.46. The van der Waals surface area contributed by atoms with Crippen LogP contribution in [-0.2, 0) is 0 Å². The lowest BCUT2D eigenvalue weighted by Gasteiger charge is -2.03. The van der Waals surface area contributed by atoms with Gasteiger partial charge in [-0.1, -0.05) is 18.2 Å². The second-order valence-electron chi connectivity index (χ2n) is 3.47. The van der Waals surface area contributed by atoms with Crippen LogP contribution in [0.15, 0.2) is 41.0 Å². The molecule has 0 aliphatic rings. The van der Waals surface area contributed by atoms with Crippen LogP contribution in [0.3, 0.4) is 0 Å². The number of hydrogen-bond donors (Lipinski definition) is 0. The SMILES string of the molecule is Brc1cc2ccc3cccnc3c2nc1I. The topological polar surface area (TPSA) is 25.8 Å². The van der Waals surface area contributed by atoms with Gasteiger partial charge < -0.3 is 0 Å². The van der Waals surface area contributed by atoms with Crippen LogP contribution >= 0.6 is 38.5 Å². The van der Waals surface area contributed by atoms with Gasteiger partial charge in [0.2, 0.25) is 0 Å². The molecule has 0 aliphatic heterocycles. The normalized spacial score (nSPS) is 11.1. The van der Waals surface area contributed by atoms with E-state index in [9.17, 15) is 0 Å². The summed E-state index contributed by atoms with van der Waals surface area (Å²) in [6, 6.07) is 10.2. The highest BCUT2D eigenvalue weighted by Crippen LogP contribution is 2.27. The maximum atomic E-state index is 4.58. The minimum absolute atomic E-state index is 0.961. The minimum Gasteiger partial charge on any atom is -0.254 e. The molecule has 3 rings (SSSR count). The molecule has 0 radical (unpaired) electrons. The van der Waals surface area contributed by atoms with Crippen molar-refractivity contribution < 1.29 is 0 Å². The maximum Gasteiger partial charge on any atom is 0.116 e. The van der Waals surface area contributed by atoms with Crippen molar-refractivity contribution in [1.29, 1.82) is 0 Å². The van der Waals surface area contributed by atoms with E-state index in [0.29, 0.717) is 0 Å². The molecule has 0 bridgehead atoms. The van der Waals surface area contributed by atoms with Gasteiger partial charge in [-0.15, -0.1) is 0 Å². The van der Waals surface area contributed by atoms with Crippen molar-refractivity contribution >= 4 is 60.3 Å². The fraction of sp³-hybridized carbons (Fsp3) is 0. The molecule has 0 saturated heterocycles. The number of nitrogens with zero attached hydrogens (tertiary/aromatic N) is 2. The molecule has 0 atom stereocenters. The summed E-state index contributed by atoms with van der Waals surface area (Å²) < 4.78 is 1.99. The number of fused-ring (bicyclic) bond motifs is 3. The second-order valence-corrected chi connectivity index (χ2v) is 5.35. The summed E-state index contributed by atoms with van der Waals surface area (Å²) >= 11 is 5.71. The molecule has 0 spiro atoms. The monoisotopic (exact) mass is 384 g/mol. The second kappa shape index (κ2) is 3.92. The maximum absolute atomic E-state index is 4.58. The van der Waals surface area contributed by atoms with Gasteiger partial charge in [-0.25, -0.2) is 4.98 Å². The van der Waals surface area contributed by atoms with E-state index >= 15 is 0 Å². The molecule has 0 unspecified atom stereocenters. The molecule has 0 aliphatic carbocycles. The van der Waals surface area contributed by atoms with Crippen LogP contribution in [0.5, 0.6) is 0 Å². The van der Waals surface area contributed by atoms with Crippen LogP contribution < -0.4 is 0 Å². The van der Waals surface area contributed by atoms with Gasteiger partial charge in [0.05, 0.1) is 15.5 Å². The zero-order chi connectivity index (χ0) is 11.1. The van der Waals surface area contributed by atoms with Crippen molar-refractivity contribution in [2.75, 3.05) is 0 Å². The molecule has 0 fully saturated rings. The molecule has 1 aromatic carbocycles. The molecule has 2 heterocycles.